The Bertz CT molecular complexity index is 637. The SMILES string of the molecule is Cc1cc(C)c2c(=O)oc(C(=O)O)cc2c1. The van der Waals surface area contributed by atoms with Crippen LogP contribution in [0.25, 0.3) is 10.8 Å². The summed E-state index contributed by atoms with van der Waals surface area (Å²) in [5, 5.41) is 9.82. The molecular formula is C12H10O4. The van der Waals surface area contributed by atoms with E-state index >= 15 is 0 Å². The molecule has 0 unspecified atom stereocenters. The van der Waals surface area contributed by atoms with Gasteiger partial charge < -0.3 is 9.52 Å². The molecule has 1 aromatic heterocycles. The first-order valence-electron chi connectivity index (χ1n) is 4.77. The Kier molecular flexibility index (Phi) is 2.27. The number of carbonyl (C=O) groups is 1. The van der Waals surface area contributed by atoms with Gasteiger partial charge >= 0.3 is 11.6 Å². The molecule has 4 heteroatoms. The lowest BCUT2D eigenvalue weighted by atomic mass is 10.0. The van der Waals surface area contributed by atoms with Gasteiger partial charge in [0.05, 0.1) is 5.39 Å². The monoisotopic (exact) mass is 218 g/mol. The molecule has 1 N–H and O–H groups in total. The Morgan fingerprint density at radius 1 is 1.25 bits per heavy atom. The summed E-state index contributed by atoms with van der Waals surface area (Å²) in [5.41, 5.74) is 1.17. The van der Waals surface area contributed by atoms with Crippen molar-refractivity contribution in [1.82, 2.24) is 0 Å². The topological polar surface area (TPSA) is 67.5 Å². The van der Waals surface area contributed by atoms with Gasteiger partial charge in [0.25, 0.3) is 0 Å². The zero-order valence-corrected chi connectivity index (χ0v) is 8.90. The minimum Gasteiger partial charge on any atom is -0.475 e. The lowest BCUT2D eigenvalue weighted by molar-refractivity contribution is 0.0658. The number of hydrogen-bond donors (Lipinski definition) is 1. The maximum atomic E-state index is 11.6. The Labute approximate surface area is 91.1 Å². The zero-order valence-electron chi connectivity index (χ0n) is 8.90. The van der Waals surface area contributed by atoms with Crippen molar-refractivity contribution in [2.24, 2.45) is 0 Å². The molecular weight excluding hydrogens is 208 g/mol. The molecule has 4 nitrogen and oxygen atoms in total. The molecule has 0 atom stereocenters. The van der Waals surface area contributed by atoms with E-state index in [4.69, 9.17) is 9.52 Å². The van der Waals surface area contributed by atoms with Crippen molar-refractivity contribution >= 4 is 16.7 Å². The van der Waals surface area contributed by atoms with Crippen LogP contribution in [0, 0.1) is 13.8 Å². The second-order valence-electron chi connectivity index (χ2n) is 3.75. The van der Waals surface area contributed by atoms with Crippen molar-refractivity contribution < 1.29 is 14.3 Å². The van der Waals surface area contributed by atoms with Crippen LogP contribution in [-0.2, 0) is 0 Å². The summed E-state index contributed by atoms with van der Waals surface area (Å²) in [6, 6.07) is 5.00. The fourth-order valence-electron chi connectivity index (χ4n) is 1.82. The van der Waals surface area contributed by atoms with E-state index in [2.05, 4.69) is 0 Å². The van der Waals surface area contributed by atoms with Gasteiger partial charge in [0.1, 0.15) is 0 Å². The number of benzene rings is 1. The van der Waals surface area contributed by atoms with E-state index in [0.29, 0.717) is 10.8 Å². The van der Waals surface area contributed by atoms with Crippen LogP contribution < -0.4 is 5.63 Å². The standard InChI is InChI=1S/C12H10O4/c1-6-3-7(2)10-8(4-6)5-9(11(13)14)16-12(10)15/h3-5H,1-2H3,(H,13,14). The number of aryl methyl sites for hydroxylation is 2. The number of aromatic carboxylic acids is 1. The van der Waals surface area contributed by atoms with Crippen molar-refractivity contribution in [3.63, 3.8) is 0 Å². The van der Waals surface area contributed by atoms with Crippen LogP contribution in [0.1, 0.15) is 21.7 Å². The van der Waals surface area contributed by atoms with Gasteiger partial charge in [0, 0.05) is 0 Å². The molecule has 2 aromatic rings. The third-order valence-corrected chi connectivity index (χ3v) is 2.41. The van der Waals surface area contributed by atoms with Crippen LogP contribution in [-0.4, -0.2) is 11.1 Å². The number of hydrogen-bond acceptors (Lipinski definition) is 3. The van der Waals surface area contributed by atoms with Gasteiger partial charge in [-0.05, 0) is 30.9 Å². The third-order valence-electron chi connectivity index (χ3n) is 2.41. The average molecular weight is 218 g/mol. The molecule has 82 valence electrons. The summed E-state index contributed by atoms with van der Waals surface area (Å²) in [6.45, 7) is 3.69. The third kappa shape index (κ3) is 1.58. The van der Waals surface area contributed by atoms with E-state index in [-0.39, 0.29) is 5.76 Å². The summed E-state index contributed by atoms with van der Waals surface area (Å²) in [7, 11) is 0. The molecule has 0 spiro atoms. The maximum Gasteiger partial charge on any atom is 0.371 e. The average Bonchev–Trinajstić information content (AvgIpc) is 2.15. The van der Waals surface area contributed by atoms with Crippen molar-refractivity contribution in [2.75, 3.05) is 0 Å². The summed E-state index contributed by atoms with van der Waals surface area (Å²) < 4.78 is 4.72. The van der Waals surface area contributed by atoms with Crippen LogP contribution in [0.5, 0.6) is 0 Å². The van der Waals surface area contributed by atoms with Gasteiger partial charge in [0.15, 0.2) is 0 Å². The largest absolute Gasteiger partial charge is 0.475 e. The van der Waals surface area contributed by atoms with E-state index in [0.717, 1.165) is 11.1 Å². The highest BCUT2D eigenvalue weighted by Gasteiger charge is 2.12. The molecule has 1 heterocycles. The van der Waals surface area contributed by atoms with E-state index in [1.165, 1.54) is 6.07 Å². The van der Waals surface area contributed by atoms with E-state index in [1.807, 2.05) is 13.0 Å². The van der Waals surface area contributed by atoms with Crippen molar-refractivity contribution in [3.8, 4) is 0 Å². The quantitative estimate of drug-likeness (QED) is 0.795. The lowest BCUT2D eigenvalue weighted by Crippen LogP contribution is -2.07. The van der Waals surface area contributed by atoms with Gasteiger partial charge in [-0.15, -0.1) is 0 Å². The van der Waals surface area contributed by atoms with Crippen LogP contribution in [0.4, 0.5) is 0 Å². The Hall–Kier alpha value is -2.10. The molecule has 0 saturated carbocycles. The molecule has 0 bridgehead atoms. The summed E-state index contributed by atoms with van der Waals surface area (Å²) in [4.78, 5) is 22.3. The van der Waals surface area contributed by atoms with Crippen molar-refractivity contribution in [3.05, 3.63) is 45.5 Å². The number of rotatable bonds is 1. The molecule has 0 radical (unpaired) electrons. The van der Waals surface area contributed by atoms with Gasteiger partial charge in [-0.1, -0.05) is 17.7 Å². The molecule has 0 aliphatic heterocycles. The Balaban J connectivity index is 2.93. The molecule has 0 aliphatic carbocycles. The molecule has 16 heavy (non-hydrogen) atoms. The van der Waals surface area contributed by atoms with Crippen LogP contribution >= 0.6 is 0 Å². The van der Waals surface area contributed by atoms with E-state index in [1.54, 1.807) is 13.0 Å². The van der Waals surface area contributed by atoms with E-state index in [9.17, 15) is 9.59 Å². The zero-order chi connectivity index (χ0) is 11.9. The number of carboxylic acids is 1. The smallest absolute Gasteiger partial charge is 0.371 e. The van der Waals surface area contributed by atoms with Crippen molar-refractivity contribution in [1.29, 1.82) is 0 Å². The fourth-order valence-corrected chi connectivity index (χ4v) is 1.82. The van der Waals surface area contributed by atoms with Crippen LogP contribution in [0.3, 0.4) is 0 Å². The first-order valence-corrected chi connectivity index (χ1v) is 4.77. The summed E-state index contributed by atoms with van der Waals surface area (Å²) in [6.07, 6.45) is 0. The molecule has 0 fully saturated rings. The minimum absolute atomic E-state index is 0.331. The van der Waals surface area contributed by atoms with Crippen LogP contribution in [0.2, 0.25) is 0 Å². The first-order chi connectivity index (χ1) is 7.49. The normalized spacial score (nSPS) is 10.6. The Morgan fingerprint density at radius 2 is 1.94 bits per heavy atom. The van der Waals surface area contributed by atoms with Crippen LogP contribution in [0.15, 0.2) is 27.4 Å². The summed E-state index contributed by atoms with van der Waals surface area (Å²) in [5.74, 6) is -1.57. The van der Waals surface area contributed by atoms with Gasteiger partial charge in [0.2, 0.25) is 5.76 Å². The summed E-state index contributed by atoms with van der Waals surface area (Å²) >= 11 is 0. The first kappa shape index (κ1) is 10.4. The molecule has 2 rings (SSSR count). The predicted molar refractivity (Wildman–Crippen MR) is 58.9 cm³/mol. The number of carboxylic acid groups (broad SMARTS) is 1. The highest BCUT2D eigenvalue weighted by Crippen LogP contribution is 2.18. The second kappa shape index (κ2) is 3.48. The fraction of sp³-hybridized carbons (Fsp3) is 0.167. The van der Waals surface area contributed by atoms with E-state index < -0.39 is 11.6 Å². The van der Waals surface area contributed by atoms with Gasteiger partial charge in [-0.3, -0.25) is 0 Å². The predicted octanol–water partition coefficient (Wildman–Crippen LogP) is 2.11. The van der Waals surface area contributed by atoms with Gasteiger partial charge in [-0.2, -0.15) is 0 Å². The Morgan fingerprint density at radius 3 is 2.56 bits per heavy atom. The molecule has 0 saturated heterocycles. The maximum absolute atomic E-state index is 11.6. The second-order valence-corrected chi connectivity index (χ2v) is 3.75. The molecule has 0 aliphatic rings. The molecule has 1 aromatic carbocycles. The minimum atomic E-state index is -1.24. The van der Waals surface area contributed by atoms with Crippen molar-refractivity contribution in [2.45, 2.75) is 13.8 Å². The highest BCUT2D eigenvalue weighted by molar-refractivity contribution is 5.92. The number of fused-ring (bicyclic) bond motifs is 1. The van der Waals surface area contributed by atoms with Gasteiger partial charge in [-0.25, -0.2) is 9.59 Å². The lowest BCUT2D eigenvalue weighted by Gasteiger charge is -2.03. The molecule has 0 amide bonds. The highest BCUT2D eigenvalue weighted by atomic mass is 16.4.